The maximum absolute atomic E-state index is 6.11. The van der Waals surface area contributed by atoms with E-state index in [1.807, 2.05) is 11.8 Å². The zero-order valence-corrected chi connectivity index (χ0v) is 19.2. The molecule has 0 aromatic heterocycles. The van der Waals surface area contributed by atoms with Crippen molar-refractivity contribution in [1.82, 2.24) is 15.5 Å². The van der Waals surface area contributed by atoms with Gasteiger partial charge >= 0.3 is 0 Å². The third-order valence-electron chi connectivity index (χ3n) is 5.12. The molecule has 1 heterocycles. The summed E-state index contributed by atoms with van der Waals surface area (Å²) in [5.41, 5.74) is 1.40. The Labute approximate surface area is 182 Å². The average molecular weight is 421 g/mol. The molecular formula is C23H40N4OS. The highest BCUT2D eigenvalue weighted by molar-refractivity contribution is 7.98. The van der Waals surface area contributed by atoms with Crippen molar-refractivity contribution >= 4 is 17.7 Å². The van der Waals surface area contributed by atoms with Crippen LogP contribution in [0, 0.1) is 0 Å². The number of benzene rings is 1. The van der Waals surface area contributed by atoms with Gasteiger partial charge in [-0.1, -0.05) is 30.3 Å². The molecular weight excluding hydrogens is 380 g/mol. The molecule has 0 aliphatic carbocycles. The van der Waals surface area contributed by atoms with Gasteiger partial charge in [0.1, 0.15) is 0 Å². The Morgan fingerprint density at radius 2 is 1.93 bits per heavy atom. The summed E-state index contributed by atoms with van der Waals surface area (Å²) in [6.07, 6.45) is 8.27. The summed E-state index contributed by atoms with van der Waals surface area (Å²) in [6, 6.07) is 10.7. The van der Waals surface area contributed by atoms with Crippen LogP contribution < -0.4 is 10.6 Å². The van der Waals surface area contributed by atoms with Crippen molar-refractivity contribution in [2.75, 3.05) is 51.3 Å². The molecule has 29 heavy (non-hydrogen) atoms. The standard InChI is InChI=1S/C23H40N4OS/c1-3-24-23(25-14-7-8-19-29-2)26-15-9-18-28-22-12-16-27(17-13-22)20-21-10-5-4-6-11-21/h4-6,10-11,22H,3,7-9,12-20H2,1-2H3,(H2,24,25,26). The normalized spacial score (nSPS) is 16.1. The molecule has 1 saturated heterocycles. The molecule has 164 valence electrons. The molecule has 0 bridgehead atoms. The highest BCUT2D eigenvalue weighted by atomic mass is 32.2. The fraction of sp³-hybridized carbons (Fsp3) is 0.696. The lowest BCUT2D eigenvalue weighted by Crippen LogP contribution is -2.38. The van der Waals surface area contributed by atoms with Gasteiger partial charge in [0.05, 0.1) is 6.10 Å². The second kappa shape index (κ2) is 15.6. The molecule has 2 N–H and O–H groups in total. The largest absolute Gasteiger partial charge is 0.378 e. The van der Waals surface area contributed by atoms with Gasteiger partial charge in [-0.2, -0.15) is 11.8 Å². The summed E-state index contributed by atoms with van der Waals surface area (Å²) in [5.74, 6) is 2.17. The van der Waals surface area contributed by atoms with E-state index in [1.165, 1.54) is 24.2 Å². The maximum atomic E-state index is 6.11. The number of aliphatic imine (C=N–C) groups is 1. The zero-order chi connectivity index (χ0) is 20.6. The minimum absolute atomic E-state index is 0.411. The quantitative estimate of drug-likeness (QED) is 0.289. The number of hydrogen-bond donors (Lipinski definition) is 2. The molecule has 1 aromatic rings. The molecule has 0 atom stereocenters. The predicted molar refractivity (Wildman–Crippen MR) is 127 cm³/mol. The van der Waals surface area contributed by atoms with Gasteiger partial charge in [0, 0.05) is 45.9 Å². The molecule has 0 unspecified atom stereocenters. The number of guanidine groups is 1. The summed E-state index contributed by atoms with van der Waals surface area (Å²) in [6.45, 7) is 8.93. The molecule has 0 amide bonds. The third kappa shape index (κ3) is 10.9. The van der Waals surface area contributed by atoms with Gasteiger partial charge < -0.3 is 15.4 Å². The van der Waals surface area contributed by atoms with Crippen molar-refractivity contribution in [3.05, 3.63) is 35.9 Å². The Morgan fingerprint density at radius 1 is 1.14 bits per heavy atom. The van der Waals surface area contributed by atoms with Crippen molar-refractivity contribution in [2.45, 2.75) is 51.7 Å². The van der Waals surface area contributed by atoms with Gasteiger partial charge in [-0.3, -0.25) is 9.89 Å². The summed E-state index contributed by atoms with van der Waals surface area (Å²) in [5, 5.41) is 6.75. The van der Waals surface area contributed by atoms with Crippen LogP contribution in [-0.2, 0) is 11.3 Å². The monoisotopic (exact) mass is 420 g/mol. The van der Waals surface area contributed by atoms with Gasteiger partial charge in [0.2, 0.25) is 0 Å². The summed E-state index contributed by atoms with van der Waals surface area (Å²) < 4.78 is 6.11. The van der Waals surface area contributed by atoms with Crippen LogP contribution in [0.5, 0.6) is 0 Å². The van der Waals surface area contributed by atoms with Crippen molar-refractivity contribution in [3.63, 3.8) is 0 Å². The second-order valence-corrected chi connectivity index (χ2v) is 8.56. The van der Waals surface area contributed by atoms with Crippen LogP contribution in [0.2, 0.25) is 0 Å². The SMILES string of the molecule is CCNC(=NCCCOC1CCN(Cc2ccccc2)CC1)NCCCCSC. The van der Waals surface area contributed by atoms with E-state index in [0.29, 0.717) is 6.10 Å². The molecule has 1 aromatic carbocycles. The molecule has 0 spiro atoms. The number of likely N-dealkylation sites (tertiary alicyclic amines) is 1. The Bertz CT molecular complexity index is 547. The molecule has 0 saturated carbocycles. The fourth-order valence-corrected chi connectivity index (χ4v) is 3.99. The van der Waals surface area contributed by atoms with Gasteiger partial charge in [0.25, 0.3) is 0 Å². The first kappa shape index (κ1) is 24.0. The van der Waals surface area contributed by atoms with Crippen molar-refractivity contribution in [1.29, 1.82) is 0 Å². The molecule has 5 nitrogen and oxygen atoms in total. The first-order valence-corrected chi connectivity index (χ1v) is 12.6. The van der Waals surface area contributed by atoms with Gasteiger partial charge in [-0.15, -0.1) is 0 Å². The molecule has 1 aliphatic heterocycles. The lowest BCUT2D eigenvalue weighted by molar-refractivity contribution is 0.00566. The predicted octanol–water partition coefficient (Wildman–Crippen LogP) is 3.76. The van der Waals surface area contributed by atoms with Gasteiger partial charge in [-0.25, -0.2) is 0 Å². The van der Waals surface area contributed by atoms with Crippen molar-refractivity contribution in [3.8, 4) is 0 Å². The second-order valence-electron chi connectivity index (χ2n) is 7.57. The Morgan fingerprint density at radius 3 is 2.66 bits per heavy atom. The summed E-state index contributed by atoms with van der Waals surface area (Å²) in [7, 11) is 0. The number of rotatable bonds is 13. The number of ether oxygens (including phenoxy) is 1. The summed E-state index contributed by atoms with van der Waals surface area (Å²) >= 11 is 1.91. The van der Waals surface area contributed by atoms with Crippen LogP contribution in [-0.4, -0.2) is 68.3 Å². The van der Waals surface area contributed by atoms with E-state index < -0.39 is 0 Å². The van der Waals surface area contributed by atoms with Gasteiger partial charge in [0.15, 0.2) is 5.96 Å². The van der Waals surface area contributed by atoms with E-state index in [9.17, 15) is 0 Å². The number of thioether (sulfide) groups is 1. The minimum atomic E-state index is 0.411. The Hall–Kier alpha value is -1.24. The molecule has 1 aliphatic rings. The van der Waals surface area contributed by atoms with E-state index in [-0.39, 0.29) is 0 Å². The highest BCUT2D eigenvalue weighted by Gasteiger charge is 2.19. The Kier molecular flexibility index (Phi) is 12.9. The molecule has 0 radical (unpaired) electrons. The number of unbranched alkanes of at least 4 members (excludes halogenated alkanes) is 1. The van der Waals surface area contributed by atoms with Crippen LogP contribution in [0.1, 0.15) is 44.6 Å². The van der Waals surface area contributed by atoms with E-state index in [0.717, 1.165) is 71.1 Å². The lowest BCUT2D eigenvalue weighted by Gasteiger charge is -2.31. The lowest BCUT2D eigenvalue weighted by atomic mass is 10.1. The smallest absolute Gasteiger partial charge is 0.191 e. The van der Waals surface area contributed by atoms with E-state index in [1.54, 1.807) is 0 Å². The van der Waals surface area contributed by atoms with Gasteiger partial charge in [-0.05, 0) is 56.6 Å². The maximum Gasteiger partial charge on any atom is 0.191 e. The van der Waals surface area contributed by atoms with Crippen LogP contribution in [0.15, 0.2) is 35.3 Å². The first-order valence-electron chi connectivity index (χ1n) is 11.2. The van der Waals surface area contributed by atoms with E-state index in [2.05, 4.69) is 64.0 Å². The van der Waals surface area contributed by atoms with E-state index in [4.69, 9.17) is 4.74 Å². The summed E-state index contributed by atoms with van der Waals surface area (Å²) in [4.78, 5) is 7.21. The third-order valence-corrected chi connectivity index (χ3v) is 5.82. The van der Waals surface area contributed by atoms with Crippen molar-refractivity contribution in [2.24, 2.45) is 4.99 Å². The van der Waals surface area contributed by atoms with Crippen LogP contribution in [0.4, 0.5) is 0 Å². The number of nitrogens with one attached hydrogen (secondary N) is 2. The van der Waals surface area contributed by atoms with Crippen LogP contribution in [0.3, 0.4) is 0 Å². The highest BCUT2D eigenvalue weighted by Crippen LogP contribution is 2.16. The Balaban J connectivity index is 1.54. The number of nitrogens with zero attached hydrogens (tertiary/aromatic N) is 2. The molecule has 1 fully saturated rings. The minimum Gasteiger partial charge on any atom is -0.378 e. The number of hydrogen-bond acceptors (Lipinski definition) is 4. The zero-order valence-electron chi connectivity index (χ0n) is 18.4. The average Bonchev–Trinajstić information content (AvgIpc) is 2.75. The first-order chi connectivity index (χ1) is 14.3. The fourth-order valence-electron chi connectivity index (χ4n) is 3.50. The van der Waals surface area contributed by atoms with Crippen LogP contribution >= 0.6 is 11.8 Å². The number of piperidine rings is 1. The molecule has 2 rings (SSSR count). The van der Waals surface area contributed by atoms with Crippen molar-refractivity contribution < 1.29 is 4.74 Å². The van der Waals surface area contributed by atoms with Crippen LogP contribution in [0.25, 0.3) is 0 Å². The van der Waals surface area contributed by atoms with E-state index >= 15 is 0 Å². The topological polar surface area (TPSA) is 48.9 Å². The molecule has 6 heteroatoms.